The minimum absolute atomic E-state index is 0.151. The summed E-state index contributed by atoms with van der Waals surface area (Å²) < 4.78 is 6.34. The van der Waals surface area contributed by atoms with Gasteiger partial charge in [0.25, 0.3) is 0 Å². The molecule has 10 rings (SSSR count). The van der Waals surface area contributed by atoms with Crippen LogP contribution in [-0.2, 0) is 5.41 Å². The van der Waals surface area contributed by atoms with Crippen LogP contribution in [-0.4, -0.2) is 6.61 Å². The molecule has 310 valence electrons. The first-order valence-electron chi connectivity index (χ1n) is 22.2. The number of nitrogens with zero attached hydrogens (tertiary/aromatic N) is 1. The van der Waals surface area contributed by atoms with E-state index in [-0.39, 0.29) is 11.3 Å². The quantitative estimate of drug-likeness (QED) is 0.166. The first kappa shape index (κ1) is 41.2. The van der Waals surface area contributed by atoms with Crippen LogP contribution in [0, 0.1) is 20.8 Å². The standard InChI is InChI=1S/C45H39NO.C16H16/c1-32-12-7-8-17-42(32)44-30-37(21-20-34(44)3)35-22-26-40(27-23-35)46(39-15-5-4-6-16-39)41-28-24-36(25-29-41)38-14-11-13-33(2)43-18-9-10-19-45(43)47-31-38;1-11-8-9-13-12-6-4-5-7-14(12)16(2,3)15(13)10-11/h4-13,15-30,38H,2,14,31H2,1,3H3;4-10H,1-3H3/b13-11-;. The molecule has 1 heterocycles. The summed E-state index contributed by atoms with van der Waals surface area (Å²) in [5.41, 5.74) is 21.4. The Hall–Kier alpha value is -7.16. The molecular weight excluding hydrogens is 763 g/mol. The molecule has 2 aliphatic rings. The van der Waals surface area contributed by atoms with E-state index >= 15 is 0 Å². The maximum absolute atomic E-state index is 6.34. The fraction of sp³-hybridized carbons (Fsp3) is 0.148. The summed E-state index contributed by atoms with van der Waals surface area (Å²) in [4.78, 5) is 2.32. The molecule has 1 atom stereocenters. The Bertz CT molecular complexity index is 2940. The van der Waals surface area contributed by atoms with Crippen LogP contribution >= 0.6 is 0 Å². The maximum atomic E-state index is 6.34. The van der Waals surface area contributed by atoms with E-state index in [2.05, 4.69) is 228 Å². The fourth-order valence-electron chi connectivity index (χ4n) is 9.32. The first-order chi connectivity index (χ1) is 30.7. The van der Waals surface area contributed by atoms with Crippen molar-refractivity contribution < 1.29 is 4.74 Å². The van der Waals surface area contributed by atoms with Gasteiger partial charge in [0.2, 0.25) is 0 Å². The molecule has 0 saturated carbocycles. The van der Waals surface area contributed by atoms with E-state index in [9.17, 15) is 0 Å². The van der Waals surface area contributed by atoms with E-state index in [0.29, 0.717) is 6.61 Å². The normalized spacial score (nSPS) is 15.2. The summed E-state index contributed by atoms with van der Waals surface area (Å²) in [5, 5.41) is 0. The molecular formula is C61H55NO. The molecule has 0 spiro atoms. The molecule has 1 unspecified atom stereocenters. The molecule has 0 saturated heterocycles. The molecule has 0 bridgehead atoms. The summed E-state index contributed by atoms with van der Waals surface area (Å²) >= 11 is 0. The van der Waals surface area contributed by atoms with Crippen molar-refractivity contribution in [2.24, 2.45) is 0 Å². The highest BCUT2D eigenvalue weighted by molar-refractivity contribution is 5.82. The molecule has 1 aliphatic carbocycles. The Labute approximate surface area is 374 Å². The van der Waals surface area contributed by atoms with Gasteiger partial charge in [0.05, 0.1) is 6.61 Å². The largest absolute Gasteiger partial charge is 0.492 e. The van der Waals surface area contributed by atoms with E-state index in [1.54, 1.807) is 0 Å². The highest BCUT2D eigenvalue weighted by Gasteiger charge is 2.34. The third kappa shape index (κ3) is 8.42. The summed E-state index contributed by atoms with van der Waals surface area (Å²) in [7, 11) is 0. The minimum atomic E-state index is 0.151. The zero-order valence-corrected chi connectivity index (χ0v) is 37.1. The van der Waals surface area contributed by atoms with Crippen molar-refractivity contribution in [2.75, 3.05) is 11.5 Å². The van der Waals surface area contributed by atoms with Crippen LogP contribution in [0.1, 0.15) is 65.1 Å². The Balaban J connectivity index is 0.000000262. The molecule has 1 aliphatic heterocycles. The van der Waals surface area contributed by atoms with Gasteiger partial charge in [0.15, 0.2) is 0 Å². The van der Waals surface area contributed by atoms with Crippen LogP contribution in [0.5, 0.6) is 5.75 Å². The second-order valence-corrected chi connectivity index (χ2v) is 17.5. The van der Waals surface area contributed by atoms with Gasteiger partial charge in [-0.05, 0) is 142 Å². The molecule has 2 heteroatoms. The number of para-hydroxylation sites is 2. The van der Waals surface area contributed by atoms with Crippen molar-refractivity contribution in [1.82, 2.24) is 0 Å². The Morgan fingerprint density at radius 3 is 1.84 bits per heavy atom. The number of benzene rings is 8. The van der Waals surface area contributed by atoms with E-state index in [1.165, 1.54) is 66.8 Å². The van der Waals surface area contributed by atoms with Crippen molar-refractivity contribution in [3.63, 3.8) is 0 Å². The van der Waals surface area contributed by atoms with Gasteiger partial charge in [0, 0.05) is 34.0 Å². The third-order valence-electron chi connectivity index (χ3n) is 12.9. The number of rotatable bonds is 6. The number of aryl methyl sites for hydroxylation is 3. The zero-order valence-electron chi connectivity index (χ0n) is 37.1. The molecule has 63 heavy (non-hydrogen) atoms. The van der Waals surface area contributed by atoms with E-state index in [0.717, 1.165) is 40.4 Å². The smallest absolute Gasteiger partial charge is 0.127 e. The molecule has 0 aromatic heterocycles. The lowest BCUT2D eigenvalue weighted by Crippen LogP contribution is -2.14. The van der Waals surface area contributed by atoms with Gasteiger partial charge < -0.3 is 9.64 Å². The van der Waals surface area contributed by atoms with Crippen LogP contribution < -0.4 is 9.64 Å². The number of ether oxygens (including phenoxy) is 1. The predicted octanol–water partition coefficient (Wildman–Crippen LogP) is 16.5. The predicted molar refractivity (Wildman–Crippen MR) is 268 cm³/mol. The Morgan fingerprint density at radius 2 is 1.10 bits per heavy atom. The molecule has 2 nitrogen and oxygen atoms in total. The highest BCUT2D eigenvalue weighted by atomic mass is 16.5. The van der Waals surface area contributed by atoms with Gasteiger partial charge in [-0.1, -0.05) is 178 Å². The second-order valence-electron chi connectivity index (χ2n) is 17.5. The molecule has 0 N–H and O–H groups in total. The van der Waals surface area contributed by atoms with Crippen molar-refractivity contribution >= 4 is 22.6 Å². The average Bonchev–Trinajstić information content (AvgIpc) is 3.58. The summed E-state index contributed by atoms with van der Waals surface area (Å²) in [6.07, 6.45) is 5.23. The molecule has 0 amide bonds. The van der Waals surface area contributed by atoms with E-state index in [4.69, 9.17) is 4.74 Å². The van der Waals surface area contributed by atoms with Crippen molar-refractivity contribution in [3.05, 3.63) is 246 Å². The lowest BCUT2D eigenvalue weighted by molar-refractivity contribution is 0.288. The van der Waals surface area contributed by atoms with Crippen LogP contribution in [0.4, 0.5) is 17.1 Å². The SMILES string of the molecule is C=C1/C=C\CC(c2ccc(N(c3ccccc3)c3ccc(-c4ccc(C)c(-c5ccccc5C)c4)cc3)cc2)COc2ccccc21.Cc1ccc2c(c1)C(C)(C)c1ccccc1-2. The highest BCUT2D eigenvalue weighted by Crippen LogP contribution is 2.48. The summed E-state index contributed by atoms with van der Waals surface area (Å²) in [5.74, 6) is 1.13. The second kappa shape index (κ2) is 17.7. The van der Waals surface area contributed by atoms with Crippen LogP contribution in [0.25, 0.3) is 39.0 Å². The molecule has 8 aromatic carbocycles. The topological polar surface area (TPSA) is 12.5 Å². The Morgan fingerprint density at radius 1 is 0.508 bits per heavy atom. The zero-order chi connectivity index (χ0) is 43.5. The average molecular weight is 818 g/mol. The van der Waals surface area contributed by atoms with Crippen molar-refractivity contribution in [1.29, 1.82) is 0 Å². The lowest BCUT2D eigenvalue weighted by atomic mass is 9.82. The summed E-state index contributed by atoms with van der Waals surface area (Å²) in [6.45, 7) is 16.0. The monoisotopic (exact) mass is 817 g/mol. The lowest BCUT2D eigenvalue weighted by Gasteiger charge is -2.26. The van der Waals surface area contributed by atoms with Crippen LogP contribution in [0.3, 0.4) is 0 Å². The van der Waals surface area contributed by atoms with Gasteiger partial charge in [-0.25, -0.2) is 0 Å². The molecule has 0 radical (unpaired) electrons. The van der Waals surface area contributed by atoms with Gasteiger partial charge in [-0.3, -0.25) is 0 Å². The summed E-state index contributed by atoms with van der Waals surface area (Å²) in [6, 6.07) is 67.6. The molecule has 8 aromatic rings. The number of allylic oxidation sites excluding steroid dienone is 3. The van der Waals surface area contributed by atoms with Gasteiger partial charge in [-0.15, -0.1) is 0 Å². The van der Waals surface area contributed by atoms with Crippen LogP contribution in [0.15, 0.2) is 207 Å². The first-order valence-corrected chi connectivity index (χ1v) is 22.2. The maximum Gasteiger partial charge on any atom is 0.127 e. The van der Waals surface area contributed by atoms with Crippen molar-refractivity contribution in [2.45, 2.75) is 52.4 Å². The van der Waals surface area contributed by atoms with E-state index < -0.39 is 0 Å². The number of anilines is 3. The number of fused-ring (bicyclic) bond motifs is 4. The Kier molecular flexibility index (Phi) is 11.6. The number of hydrogen-bond acceptors (Lipinski definition) is 2. The van der Waals surface area contributed by atoms with Gasteiger partial charge in [0.1, 0.15) is 5.75 Å². The number of hydrogen-bond donors (Lipinski definition) is 0. The minimum Gasteiger partial charge on any atom is -0.492 e. The fourth-order valence-corrected chi connectivity index (χ4v) is 9.32. The third-order valence-corrected chi connectivity index (χ3v) is 12.9. The van der Waals surface area contributed by atoms with E-state index in [1.807, 2.05) is 18.2 Å². The molecule has 0 fully saturated rings. The van der Waals surface area contributed by atoms with Gasteiger partial charge >= 0.3 is 0 Å². The van der Waals surface area contributed by atoms with Gasteiger partial charge in [-0.2, -0.15) is 0 Å². The van der Waals surface area contributed by atoms with Crippen molar-refractivity contribution in [3.8, 4) is 39.1 Å². The van der Waals surface area contributed by atoms with Crippen LogP contribution in [0.2, 0.25) is 0 Å².